The summed E-state index contributed by atoms with van der Waals surface area (Å²) in [6.07, 6.45) is 0.0764. The van der Waals surface area contributed by atoms with Gasteiger partial charge in [-0.2, -0.15) is 0 Å². The molecule has 0 aliphatic rings. The summed E-state index contributed by atoms with van der Waals surface area (Å²) in [4.78, 5) is 23.1. The summed E-state index contributed by atoms with van der Waals surface area (Å²) in [5.74, 6) is -0.654. The average Bonchev–Trinajstić information content (AvgIpc) is 2.77. The number of amides is 1. The molecular formula is C15H16N2O4. The first-order valence-electron chi connectivity index (χ1n) is 6.43. The Kier molecular flexibility index (Phi) is 4.07. The van der Waals surface area contributed by atoms with Gasteiger partial charge < -0.3 is 14.9 Å². The van der Waals surface area contributed by atoms with E-state index in [1.807, 2.05) is 6.92 Å². The molecule has 6 nitrogen and oxygen atoms in total. The highest BCUT2D eigenvalue weighted by molar-refractivity contribution is 5.96. The third-order valence-electron chi connectivity index (χ3n) is 3.09. The van der Waals surface area contributed by atoms with Crippen molar-refractivity contribution in [3.8, 4) is 0 Å². The normalized spacial score (nSPS) is 10.4. The lowest BCUT2D eigenvalue weighted by molar-refractivity contribution is -0.115. The van der Waals surface area contributed by atoms with Crippen molar-refractivity contribution in [2.45, 2.75) is 27.2 Å². The van der Waals surface area contributed by atoms with E-state index in [1.54, 1.807) is 26.0 Å². The second-order valence-electron chi connectivity index (χ2n) is 4.94. The topological polar surface area (TPSA) is 92.4 Å². The predicted octanol–water partition coefficient (Wildman–Crippen LogP) is 2.48. The molecule has 1 heterocycles. The summed E-state index contributed by atoms with van der Waals surface area (Å²) >= 11 is 0. The molecule has 1 amide bonds. The van der Waals surface area contributed by atoms with Gasteiger partial charge in [-0.05, 0) is 38.0 Å². The summed E-state index contributed by atoms with van der Waals surface area (Å²) in [5.41, 5.74) is 2.66. The standard InChI is InChI=1S/C15H16N2O4/c1-8-4-9(2)13(7-12(8)15(19)20)16-14(18)6-11-5-10(3)21-17-11/h4-5,7H,6H2,1-3H3,(H,16,18)(H,19,20). The zero-order valence-electron chi connectivity index (χ0n) is 12.1. The maximum atomic E-state index is 12.0. The van der Waals surface area contributed by atoms with Gasteiger partial charge in [0.05, 0.1) is 17.7 Å². The highest BCUT2D eigenvalue weighted by Crippen LogP contribution is 2.21. The molecule has 0 atom stereocenters. The number of hydrogen-bond donors (Lipinski definition) is 2. The van der Waals surface area contributed by atoms with Crippen molar-refractivity contribution in [2.75, 3.05) is 5.32 Å². The minimum absolute atomic E-state index is 0.0764. The Morgan fingerprint density at radius 2 is 1.90 bits per heavy atom. The number of carboxylic acids is 1. The first kappa shape index (κ1) is 14.8. The van der Waals surface area contributed by atoms with Gasteiger partial charge in [0.2, 0.25) is 5.91 Å². The summed E-state index contributed by atoms with van der Waals surface area (Å²) in [6, 6.07) is 4.89. The molecule has 2 N–H and O–H groups in total. The maximum absolute atomic E-state index is 12.0. The highest BCUT2D eigenvalue weighted by atomic mass is 16.5. The number of aromatic nitrogens is 1. The number of aryl methyl sites for hydroxylation is 3. The third kappa shape index (κ3) is 3.47. The fourth-order valence-corrected chi connectivity index (χ4v) is 2.08. The lowest BCUT2D eigenvalue weighted by Gasteiger charge is -2.11. The number of carbonyl (C=O) groups is 2. The average molecular weight is 288 g/mol. The van der Waals surface area contributed by atoms with E-state index >= 15 is 0 Å². The molecular weight excluding hydrogens is 272 g/mol. The van der Waals surface area contributed by atoms with Crippen LogP contribution >= 0.6 is 0 Å². The van der Waals surface area contributed by atoms with E-state index in [2.05, 4.69) is 10.5 Å². The Morgan fingerprint density at radius 3 is 2.48 bits per heavy atom. The van der Waals surface area contributed by atoms with Crippen LogP contribution in [-0.2, 0) is 11.2 Å². The smallest absolute Gasteiger partial charge is 0.336 e. The number of carboxylic acid groups (broad SMARTS) is 1. The van der Waals surface area contributed by atoms with E-state index in [1.165, 1.54) is 6.07 Å². The highest BCUT2D eigenvalue weighted by Gasteiger charge is 2.13. The zero-order chi connectivity index (χ0) is 15.6. The second-order valence-corrected chi connectivity index (χ2v) is 4.94. The van der Waals surface area contributed by atoms with Gasteiger partial charge in [0.1, 0.15) is 5.76 Å². The van der Waals surface area contributed by atoms with Crippen LogP contribution in [-0.4, -0.2) is 22.1 Å². The van der Waals surface area contributed by atoms with Gasteiger partial charge in [0.25, 0.3) is 0 Å². The van der Waals surface area contributed by atoms with Gasteiger partial charge in [-0.3, -0.25) is 4.79 Å². The number of carbonyl (C=O) groups excluding carboxylic acids is 1. The van der Waals surface area contributed by atoms with Gasteiger partial charge in [-0.25, -0.2) is 4.79 Å². The van der Waals surface area contributed by atoms with Crippen molar-refractivity contribution in [1.29, 1.82) is 0 Å². The van der Waals surface area contributed by atoms with Gasteiger partial charge >= 0.3 is 5.97 Å². The van der Waals surface area contributed by atoms with Crippen molar-refractivity contribution in [3.05, 3.63) is 46.3 Å². The van der Waals surface area contributed by atoms with Crippen LogP contribution in [0.3, 0.4) is 0 Å². The molecule has 0 bridgehead atoms. The number of anilines is 1. The monoisotopic (exact) mass is 288 g/mol. The molecule has 6 heteroatoms. The van der Waals surface area contributed by atoms with Crippen molar-refractivity contribution >= 4 is 17.6 Å². The molecule has 21 heavy (non-hydrogen) atoms. The molecule has 0 spiro atoms. The molecule has 0 aliphatic heterocycles. The number of nitrogens with zero attached hydrogens (tertiary/aromatic N) is 1. The van der Waals surface area contributed by atoms with Crippen molar-refractivity contribution < 1.29 is 19.2 Å². The Bertz CT molecular complexity index is 704. The van der Waals surface area contributed by atoms with Crippen LogP contribution in [0.25, 0.3) is 0 Å². The minimum atomic E-state index is -1.02. The van der Waals surface area contributed by atoms with Crippen LogP contribution in [0.2, 0.25) is 0 Å². The molecule has 0 radical (unpaired) electrons. The second kappa shape index (κ2) is 5.78. The Hall–Kier alpha value is -2.63. The quantitative estimate of drug-likeness (QED) is 0.901. The Morgan fingerprint density at radius 1 is 1.19 bits per heavy atom. The number of nitrogens with one attached hydrogen (secondary N) is 1. The zero-order valence-corrected chi connectivity index (χ0v) is 12.1. The van der Waals surface area contributed by atoms with Crippen molar-refractivity contribution in [3.63, 3.8) is 0 Å². The molecule has 1 aromatic heterocycles. The summed E-state index contributed by atoms with van der Waals surface area (Å²) < 4.78 is 4.90. The summed E-state index contributed by atoms with van der Waals surface area (Å²) in [6.45, 7) is 5.28. The van der Waals surface area contributed by atoms with Crippen LogP contribution in [0.4, 0.5) is 5.69 Å². The largest absolute Gasteiger partial charge is 0.478 e. The minimum Gasteiger partial charge on any atom is -0.478 e. The Labute approximate surface area is 121 Å². The van der Waals surface area contributed by atoms with Crippen LogP contribution in [0, 0.1) is 20.8 Å². The fraction of sp³-hybridized carbons (Fsp3) is 0.267. The fourth-order valence-electron chi connectivity index (χ4n) is 2.08. The molecule has 0 unspecified atom stereocenters. The van der Waals surface area contributed by atoms with Gasteiger partial charge in [0, 0.05) is 11.8 Å². The van der Waals surface area contributed by atoms with E-state index in [4.69, 9.17) is 9.63 Å². The van der Waals surface area contributed by atoms with Crippen LogP contribution < -0.4 is 5.32 Å². The number of aromatic carboxylic acids is 1. The summed E-state index contributed by atoms with van der Waals surface area (Å²) in [5, 5.41) is 15.6. The number of rotatable bonds is 4. The SMILES string of the molecule is Cc1cc(CC(=O)Nc2cc(C(=O)O)c(C)cc2C)no1. The van der Waals surface area contributed by atoms with Crippen LogP contribution in [0.15, 0.2) is 22.7 Å². The molecule has 0 fully saturated rings. The maximum Gasteiger partial charge on any atom is 0.336 e. The Balaban J connectivity index is 2.17. The first-order chi connectivity index (χ1) is 9.86. The molecule has 0 saturated carbocycles. The van der Waals surface area contributed by atoms with Gasteiger partial charge in [-0.1, -0.05) is 11.2 Å². The van der Waals surface area contributed by atoms with E-state index in [0.717, 1.165) is 5.56 Å². The first-order valence-corrected chi connectivity index (χ1v) is 6.43. The van der Waals surface area contributed by atoms with Crippen molar-refractivity contribution in [2.24, 2.45) is 0 Å². The molecule has 2 aromatic rings. The number of hydrogen-bond acceptors (Lipinski definition) is 4. The van der Waals surface area contributed by atoms with Crippen LogP contribution in [0.1, 0.15) is 32.9 Å². The lowest BCUT2D eigenvalue weighted by atomic mass is 10.0. The predicted molar refractivity (Wildman–Crippen MR) is 76.4 cm³/mol. The molecule has 0 aliphatic carbocycles. The lowest BCUT2D eigenvalue weighted by Crippen LogP contribution is -2.16. The van der Waals surface area contributed by atoms with E-state index < -0.39 is 5.97 Å². The third-order valence-corrected chi connectivity index (χ3v) is 3.09. The van der Waals surface area contributed by atoms with Gasteiger partial charge in [-0.15, -0.1) is 0 Å². The van der Waals surface area contributed by atoms with Crippen LogP contribution in [0.5, 0.6) is 0 Å². The van der Waals surface area contributed by atoms with E-state index in [9.17, 15) is 9.59 Å². The van der Waals surface area contributed by atoms with E-state index in [-0.39, 0.29) is 17.9 Å². The molecule has 2 rings (SSSR count). The molecule has 1 aromatic carbocycles. The molecule has 0 saturated heterocycles. The van der Waals surface area contributed by atoms with Gasteiger partial charge in [0.15, 0.2) is 0 Å². The number of benzene rings is 1. The summed E-state index contributed by atoms with van der Waals surface area (Å²) in [7, 11) is 0. The van der Waals surface area contributed by atoms with E-state index in [0.29, 0.717) is 22.7 Å². The molecule has 110 valence electrons. The van der Waals surface area contributed by atoms with Crippen molar-refractivity contribution in [1.82, 2.24) is 5.16 Å².